The lowest BCUT2D eigenvalue weighted by atomic mass is 10.2. The molecular formula is C14H15ClN2O3S. The van der Waals surface area contributed by atoms with Crippen LogP contribution in [0.25, 0.3) is 0 Å². The zero-order valence-corrected chi connectivity index (χ0v) is 12.9. The molecule has 0 saturated carbocycles. The minimum absolute atomic E-state index is 0.442. The second-order valence-electron chi connectivity index (χ2n) is 4.66. The van der Waals surface area contributed by atoms with Crippen LogP contribution in [0.1, 0.15) is 5.56 Å². The summed E-state index contributed by atoms with van der Waals surface area (Å²) in [5.41, 5.74) is 0.892. The maximum atomic E-state index is 12.1. The third-order valence-electron chi connectivity index (χ3n) is 3.09. The van der Waals surface area contributed by atoms with Crippen molar-refractivity contribution in [2.24, 2.45) is 0 Å². The molecule has 5 nitrogen and oxygen atoms in total. The first-order valence-corrected chi connectivity index (χ1v) is 8.49. The molecule has 1 aliphatic heterocycles. The summed E-state index contributed by atoms with van der Waals surface area (Å²) in [5.74, 6) is 2.20. The van der Waals surface area contributed by atoms with Gasteiger partial charge >= 0.3 is 0 Å². The van der Waals surface area contributed by atoms with Crippen LogP contribution < -0.4 is 9.47 Å². The minimum Gasteiger partial charge on any atom is -0.486 e. The molecule has 112 valence electrons. The number of nitrogens with zero attached hydrogens (tertiary/aromatic N) is 2. The summed E-state index contributed by atoms with van der Waals surface area (Å²) >= 11 is 6.17. The number of ether oxygens (including phenoxy) is 2. The number of halogens is 1. The molecule has 1 aromatic heterocycles. The van der Waals surface area contributed by atoms with Gasteiger partial charge in [0.1, 0.15) is 13.2 Å². The van der Waals surface area contributed by atoms with Crippen LogP contribution in [0, 0.1) is 0 Å². The molecule has 3 rings (SSSR count). The van der Waals surface area contributed by atoms with E-state index in [2.05, 4.69) is 5.10 Å². The lowest BCUT2D eigenvalue weighted by Gasteiger charge is -2.20. The lowest BCUT2D eigenvalue weighted by Crippen LogP contribution is -2.16. The molecule has 0 radical (unpaired) electrons. The van der Waals surface area contributed by atoms with Gasteiger partial charge in [-0.25, -0.2) is 0 Å². The second kappa shape index (κ2) is 6.49. The van der Waals surface area contributed by atoms with Crippen molar-refractivity contribution in [1.29, 1.82) is 0 Å². The average Bonchev–Trinajstić information content (AvgIpc) is 2.98. The molecule has 1 aromatic carbocycles. The van der Waals surface area contributed by atoms with Gasteiger partial charge in [-0.3, -0.25) is 8.89 Å². The predicted molar refractivity (Wildman–Crippen MR) is 81.4 cm³/mol. The van der Waals surface area contributed by atoms with E-state index < -0.39 is 10.8 Å². The quantitative estimate of drug-likeness (QED) is 0.845. The maximum absolute atomic E-state index is 12.1. The highest BCUT2D eigenvalue weighted by Crippen LogP contribution is 2.38. The first-order chi connectivity index (χ1) is 10.2. The monoisotopic (exact) mass is 326 g/mol. The number of aryl methyl sites for hydroxylation is 1. The largest absolute Gasteiger partial charge is 0.486 e. The smallest absolute Gasteiger partial charge is 0.179 e. The Morgan fingerprint density at radius 2 is 2.19 bits per heavy atom. The van der Waals surface area contributed by atoms with E-state index in [1.165, 1.54) is 0 Å². The molecule has 0 N–H and O–H groups in total. The Bertz CT molecular complexity index is 646. The van der Waals surface area contributed by atoms with E-state index in [1.807, 2.05) is 18.3 Å². The van der Waals surface area contributed by atoms with E-state index in [1.54, 1.807) is 16.9 Å². The van der Waals surface area contributed by atoms with E-state index in [9.17, 15) is 4.21 Å². The Morgan fingerprint density at radius 3 is 3.00 bits per heavy atom. The Kier molecular flexibility index (Phi) is 4.45. The van der Waals surface area contributed by atoms with Crippen LogP contribution in [0.5, 0.6) is 11.5 Å². The van der Waals surface area contributed by atoms with Crippen molar-refractivity contribution in [3.8, 4) is 11.5 Å². The Morgan fingerprint density at radius 1 is 1.33 bits per heavy atom. The first-order valence-electron chi connectivity index (χ1n) is 6.63. The summed E-state index contributed by atoms with van der Waals surface area (Å²) in [4.78, 5) is 0. The average molecular weight is 327 g/mol. The molecule has 0 amide bonds. The first kappa shape index (κ1) is 14.4. The standard InChI is InChI=1S/C14H15ClN2O3S/c15-12-8-11(9-13-14(12)20-6-5-19-13)10-21(18)7-4-17-3-1-2-16-17/h1-3,8-9H,4-7,10H2. The van der Waals surface area contributed by atoms with Crippen LogP contribution >= 0.6 is 11.6 Å². The fourth-order valence-corrected chi connectivity index (χ4v) is 3.50. The van der Waals surface area contributed by atoms with Crippen LogP contribution in [0.15, 0.2) is 30.6 Å². The van der Waals surface area contributed by atoms with E-state index >= 15 is 0 Å². The van der Waals surface area contributed by atoms with Gasteiger partial charge in [0.25, 0.3) is 0 Å². The van der Waals surface area contributed by atoms with Gasteiger partial charge < -0.3 is 9.47 Å². The summed E-state index contributed by atoms with van der Waals surface area (Å²) in [6, 6.07) is 5.50. The third kappa shape index (κ3) is 3.57. The molecule has 1 atom stereocenters. The van der Waals surface area contributed by atoms with Gasteiger partial charge in [-0.1, -0.05) is 11.6 Å². The molecule has 1 unspecified atom stereocenters. The van der Waals surface area contributed by atoms with Gasteiger partial charge in [-0.15, -0.1) is 0 Å². The molecule has 2 aromatic rings. The van der Waals surface area contributed by atoms with Gasteiger partial charge in [-0.2, -0.15) is 5.10 Å². The van der Waals surface area contributed by atoms with Crippen LogP contribution in [-0.4, -0.2) is 33.0 Å². The highest BCUT2D eigenvalue weighted by Gasteiger charge is 2.17. The number of fused-ring (bicyclic) bond motifs is 1. The van der Waals surface area contributed by atoms with Gasteiger partial charge in [0.15, 0.2) is 11.5 Å². The highest BCUT2D eigenvalue weighted by molar-refractivity contribution is 7.84. The topological polar surface area (TPSA) is 53.4 Å². The van der Waals surface area contributed by atoms with Crippen molar-refractivity contribution >= 4 is 22.4 Å². The molecule has 1 aliphatic rings. The molecular weight excluding hydrogens is 312 g/mol. The molecule has 21 heavy (non-hydrogen) atoms. The summed E-state index contributed by atoms with van der Waals surface area (Å²) in [7, 11) is -0.981. The second-order valence-corrected chi connectivity index (χ2v) is 6.64. The number of benzene rings is 1. The van der Waals surface area contributed by atoms with E-state index in [-0.39, 0.29) is 0 Å². The number of hydrogen-bond donors (Lipinski definition) is 0. The lowest BCUT2D eigenvalue weighted by molar-refractivity contribution is 0.171. The van der Waals surface area contributed by atoms with Gasteiger partial charge in [-0.05, 0) is 23.8 Å². The summed E-state index contributed by atoms with van der Waals surface area (Å²) in [6.07, 6.45) is 3.57. The van der Waals surface area contributed by atoms with Crippen molar-refractivity contribution in [1.82, 2.24) is 9.78 Å². The molecule has 7 heteroatoms. The van der Waals surface area contributed by atoms with Crippen molar-refractivity contribution < 1.29 is 13.7 Å². The molecule has 0 fully saturated rings. The summed E-state index contributed by atoms with van der Waals surface area (Å²) < 4.78 is 24.9. The Labute approximate surface area is 130 Å². The number of hydrogen-bond acceptors (Lipinski definition) is 4. The zero-order chi connectivity index (χ0) is 14.7. The third-order valence-corrected chi connectivity index (χ3v) is 4.67. The molecule has 0 spiro atoms. The van der Waals surface area contributed by atoms with E-state index in [4.69, 9.17) is 21.1 Å². The summed E-state index contributed by atoms with van der Waals surface area (Å²) in [5, 5.41) is 4.60. The van der Waals surface area contributed by atoms with Gasteiger partial charge in [0, 0.05) is 34.7 Å². The van der Waals surface area contributed by atoms with E-state index in [0.29, 0.717) is 47.8 Å². The number of rotatable bonds is 5. The van der Waals surface area contributed by atoms with Crippen molar-refractivity contribution in [3.63, 3.8) is 0 Å². The molecule has 2 heterocycles. The van der Waals surface area contributed by atoms with Gasteiger partial charge in [0.05, 0.1) is 11.6 Å². The maximum Gasteiger partial charge on any atom is 0.179 e. The van der Waals surface area contributed by atoms with Crippen LogP contribution in [-0.2, 0) is 23.1 Å². The predicted octanol–water partition coefficient (Wildman–Crippen LogP) is 2.26. The van der Waals surface area contributed by atoms with Crippen molar-refractivity contribution in [2.45, 2.75) is 12.3 Å². The zero-order valence-electron chi connectivity index (χ0n) is 11.3. The normalized spacial score (nSPS) is 14.9. The Hall–Kier alpha value is -1.53. The van der Waals surface area contributed by atoms with Crippen LogP contribution in [0.4, 0.5) is 0 Å². The fourth-order valence-electron chi connectivity index (χ4n) is 2.13. The van der Waals surface area contributed by atoms with E-state index in [0.717, 1.165) is 5.56 Å². The SMILES string of the molecule is O=S(CCn1cccn1)Cc1cc(Cl)c2c(c1)OCCO2. The summed E-state index contributed by atoms with van der Waals surface area (Å²) in [6.45, 7) is 1.65. The van der Waals surface area contributed by atoms with Crippen molar-refractivity contribution in [2.75, 3.05) is 19.0 Å². The molecule has 0 aliphatic carbocycles. The van der Waals surface area contributed by atoms with Crippen LogP contribution in [0.3, 0.4) is 0 Å². The molecule has 0 bridgehead atoms. The number of aromatic nitrogens is 2. The molecule has 0 saturated heterocycles. The van der Waals surface area contributed by atoms with Crippen molar-refractivity contribution in [3.05, 3.63) is 41.2 Å². The Balaban J connectivity index is 1.64. The minimum atomic E-state index is -0.981. The fraction of sp³-hybridized carbons (Fsp3) is 0.357. The van der Waals surface area contributed by atoms with Gasteiger partial charge in [0.2, 0.25) is 0 Å². The highest BCUT2D eigenvalue weighted by atomic mass is 35.5. The van der Waals surface area contributed by atoms with Crippen LogP contribution in [0.2, 0.25) is 5.02 Å².